The third-order valence-electron chi connectivity index (χ3n) is 2.43. The second-order valence-corrected chi connectivity index (χ2v) is 5.31. The van der Waals surface area contributed by atoms with Crippen LogP contribution in [0.2, 0.25) is 0 Å². The van der Waals surface area contributed by atoms with Crippen molar-refractivity contribution in [2.75, 3.05) is 26.8 Å². The Labute approximate surface area is 118 Å². The molecule has 0 rings (SSSR count). The number of ether oxygens (including phenoxy) is 1. The molecule has 3 amide bonds. The number of hydrogen-bond acceptors (Lipinski definition) is 4. The standard InChI is InChI=1S/C12H23N3O5/c1-12(2,3)9(10(17)18)15-11(19)14-7-8(16)13-5-6-20-4/h9H,5-7H2,1-4H3,(H,13,16)(H,17,18)(H2,14,15,19). The SMILES string of the molecule is COCCNC(=O)CNC(=O)NC(C(=O)O)C(C)(C)C. The van der Waals surface area contributed by atoms with Gasteiger partial charge < -0.3 is 25.8 Å². The van der Waals surface area contributed by atoms with E-state index < -0.39 is 23.5 Å². The number of nitrogens with one attached hydrogen (secondary N) is 3. The van der Waals surface area contributed by atoms with E-state index in [1.165, 1.54) is 7.11 Å². The fourth-order valence-corrected chi connectivity index (χ4v) is 1.35. The molecular weight excluding hydrogens is 266 g/mol. The van der Waals surface area contributed by atoms with Gasteiger partial charge in [-0.3, -0.25) is 4.79 Å². The minimum Gasteiger partial charge on any atom is -0.480 e. The molecule has 0 saturated carbocycles. The lowest BCUT2D eigenvalue weighted by Gasteiger charge is -2.27. The van der Waals surface area contributed by atoms with E-state index in [9.17, 15) is 14.4 Å². The highest BCUT2D eigenvalue weighted by atomic mass is 16.5. The van der Waals surface area contributed by atoms with E-state index in [-0.39, 0.29) is 12.5 Å². The minimum atomic E-state index is -1.13. The number of carboxylic acids is 1. The molecule has 0 aromatic heterocycles. The maximum absolute atomic E-state index is 11.5. The summed E-state index contributed by atoms with van der Waals surface area (Å²) in [6.07, 6.45) is 0. The number of urea groups is 1. The van der Waals surface area contributed by atoms with Gasteiger partial charge in [-0.2, -0.15) is 0 Å². The maximum Gasteiger partial charge on any atom is 0.326 e. The zero-order valence-electron chi connectivity index (χ0n) is 12.3. The number of hydrogen-bond donors (Lipinski definition) is 4. The summed E-state index contributed by atoms with van der Waals surface area (Å²) in [5.41, 5.74) is -0.635. The summed E-state index contributed by atoms with van der Waals surface area (Å²) in [5, 5.41) is 16.2. The Kier molecular flexibility index (Phi) is 7.60. The molecule has 0 bridgehead atoms. The van der Waals surface area contributed by atoms with Crippen LogP contribution in [-0.4, -0.2) is 55.9 Å². The Hall–Kier alpha value is -1.83. The topological polar surface area (TPSA) is 117 Å². The number of carboxylic acid groups (broad SMARTS) is 1. The number of carbonyl (C=O) groups is 3. The summed E-state index contributed by atoms with van der Waals surface area (Å²) in [7, 11) is 1.51. The van der Waals surface area contributed by atoms with Gasteiger partial charge in [0.1, 0.15) is 6.04 Å². The monoisotopic (exact) mass is 289 g/mol. The first-order valence-corrected chi connectivity index (χ1v) is 6.21. The highest BCUT2D eigenvalue weighted by molar-refractivity contribution is 5.86. The Bertz CT molecular complexity index is 351. The first-order chi connectivity index (χ1) is 9.18. The summed E-state index contributed by atoms with van der Waals surface area (Å²) in [5.74, 6) is -1.50. The van der Waals surface area contributed by atoms with Crippen LogP contribution in [0.25, 0.3) is 0 Å². The number of aliphatic carboxylic acids is 1. The van der Waals surface area contributed by atoms with Crippen molar-refractivity contribution in [3.8, 4) is 0 Å². The van der Waals surface area contributed by atoms with Crippen molar-refractivity contribution in [2.45, 2.75) is 26.8 Å². The average Bonchev–Trinajstić information content (AvgIpc) is 2.32. The van der Waals surface area contributed by atoms with Crippen LogP contribution in [-0.2, 0) is 14.3 Å². The van der Waals surface area contributed by atoms with Gasteiger partial charge in [0.15, 0.2) is 0 Å². The molecule has 116 valence electrons. The van der Waals surface area contributed by atoms with Gasteiger partial charge >= 0.3 is 12.0 Å². The molecule has 8 nitrogen and oxygen atoms in total. The van der Waals surface area contributed by atoms with Crippen LogP contribution in [0.5, 0.6) is 0 Å². The first kappa shape index (κ1) is 18.2. The molecule has 0 fully saturated rings. The van der Waals surface area contributed by atoms with Crippen LogP contribution >= 0.6 is 0 Å². The molecule has 8 heteroatoms. The first-order valence-electron chi connectivity index (χ1n) is 6.21. The van der Waals surface area contributed by atoms with Gasteiger partial charge in [0.05, 0.1) is 13.2 Å². The van der Waals surface area contributed by atoms with Gasteiger partial charge in [0.2, 0.25) is 5.91 Å². The largest absolute Gasteiger partial charge is 0.480 e. The maximum atomic E-state index is 11.5. The number of amides is 3. The molecular formula is C12H23N3O5. The van der Waals surface area contributed by atoms with Crippen molar-refractivity contribution in [2.24, 2.45) is 5.41 Å². The van der Waals surface area contributed by atoms with Gasteiger partial charge in [0.25, 0.3) is 0 Å². The molecule has 0 saturated heterocycles. The van der Waals surface area contributed by atoms with E-state index in [2.05, 4.69) is 16.0 Å². The number of carbonyl (C=O) groups excluding carboxylic acids is 2. The highest BCUT2D eigenvalue weighted by Crippen LogP contribution is 2.19. The predicted molar refractivity (Wildman–Crippen MR) is 72.3 cm³/mol. The van der Waals surface area contributed by atoms with Crippen LogP contribution < -0.4 is 16.0 Å². The summed E-state index contributed by atoms with van der Waals surface area (Å²) in [4.78, 5) is 33.9. The lowest BCUT2D eigenvalue weighted by atomic mass is 9.87. The fraction of sp³-hybridized carbons (Fsp3) is 0.750. The molecule has 0 heterocycles. The molecule has 0 aliphatic carbocycles. The van der Waals surface area contributed by atoms with Crippen LogP contribution in [0, 0.1) is 5.41 Å². The van der Waals surface area contributed by atoms with E-state index in [0.717, 1.165) is 0 Å². The molecule has 1 unspecified atom stereocenters. The smallest absolute Gasteiger partial charge is 0.326 e. The van der Waals surface area contributed by atoms with Gasteiger partial charge in [-0.05, 0) is 5.41 Å². The van der Waals surface area contributed by atoms with Crippen molar-refractivity contribution < 1.29 is 24.2 Å². The molecule has 20 heavy (non-hydrogen) atoms. The normalized spacial score (nSPS) is 12.4. The van der Waals surface area contributed by atoms with Crippen molar-refractivity contribution in [1.29, 1.82) is 0 Å². The van der Waals surface area contributed by atoms with Gasteiger partial charge in [-0.1, -0.05) is 20.8 Å². The molecule has 1 atom stereocenters. The lowest BCUT2D eigenvalue weighted by Crippen LogP contribution is -2.53. The summed E-state index contributed by atoms with van der Waals surface area (Å²) in [6, 6.07) is -1.74. The predicted octanol–water partition coefficient (Wildman–Crippen LogP) is -0.452. The van der Waals surface area contributed by atoms with Crippen molar-refractivity contribution >= 4 is 17.9 Å². The molecule has 0 radical (unpaired) electrons. The second-order valence-electron chi connectivity index (χ2n) is 5.31. The Morgan fingerprint density at radius 1 is 1.20 bits per heavy atom. The summed E-state index contributed by atoms with van der Waals surface area (Å²) >= 11 is 0. The van der Waals surface area contributed by atoms with Crippen LogP contribution in [0.15, 0.2) is 0 Å². The molecule has 0 aromatic rings. The average molecular weight is 289 g/mol. The molecule has 0 spiro atoms. The van der Waals surface area contributed by atoms with Crippen molar-refractivity contribution in [1.82, 2.24) is 16.0 Å². The minimum absolute atomic E-state index is 0.230. The Balaban J connectivity index is 4.15. The zero-order valence-corrected chi connectivity index (χ0v) is 12.3. The third-order valence-corrected chi connectivity index (χ3v) is 2.43. The third kappa shape index (κ3) is 7.57. The van der Waals surface area contributed by atoms with Crippen LogP contribution in [0.3, 0.4) is 0 Å². The Morgan fingerprint density at radius 2 is 1.80 bits per heavy atom. The van der Waals surface area contributed by atoms with E-state index in [0.29, 0.717) is 13.2 Å². The second kappa shape index (κ2) is 8.36. The van der Waals surface area contributed by atoms with Crippen LogP contribution in [0.1, 0.15) is 20.8 Å². The molecule has 0 aliphatic heterocycles. The van der Waals surface area contributed by atoms with E-state index in [1.807, 2.05) is 0 Å². The van der Waals surface area contributed by atoms with Gasteiger partial charge in [0, 0.05) is 13.7 Å². The molecule has 0 aliphatic rings. The quantitative estimate of drug-likeness (QED) is 0.473. The Morgan fingerprint density at radius 3 is 2.25 bits per heavy atom. The molecule has 0 aromatic carbocycles. The number of methoxy groups -OCH3 is 1. The van der Waals surface area contributed by atoms with E-state index >= 15 is 0 Å². The van der Waals surface area contributed by atoms with Gasteiger partial charge in [-0.15, -0.1) is 0 Å². The summed E-state index contributed by atoms with van der Waals surface area (Å²) in [6.45, 7) is 5.59. The fourth-order valence-electron chi connectivity index (χ4n) is 1.35. The molecule has 4 N–H and O–H groups in total. The van der Waals surface area contributed by atoms with Crippen molar-refractivity contribution in [3.63, 3.8) is 0 Å². The number of rotatable bonds is 7. The van der Waals surface area contributed by atoms with Crippen molar-refractivity contribution in [3.05, 3.63) is 0 Å². The van der Waals surface area contributed by atoms with E-state index in [1.54, 1.807) is 20.8 Å². The van der Waals surface area contributed by atoms with E-state index in [4.69, 9.17) is 9.84 Å². The summed E-state index contributed by atoms with van der Waals surface area (Å²) < 4.78 is 4.75. The highest BCUT2D eigenvalue weighted by Gasteiger charge is 2.32. The lowest BCUT2D eigenvalue weighted by molar-refractivity contribution is -0.141. The van der Waals surface area contributed by atoms with Gasteiger partial charge in [-0.25, -0.2) is 9.59 Å². The van der Waals surface area contributed by atoms with Crippen LogP contribution in [0.4, 0.5) is 4.79 Å². The zero-order chi connectivity index (χ0) is 15.8.